The molecule has 1 aliphatic carbocycles. The number of phenols is 1. The summed E-state index contributed by atoms with van der Waals surface area (Å²) in [6, 6.07) is 5.45. The summed E-state index contributed by atoms with van der Waals surface area (Å²) < 4.78 is 6.14. The van der Waals surface area contributed by atoms with Gasteiger partial charge in [0.25, 0.3) is 0 Å². The second-order valence-corrected chi connectivity index (χ2v) is 6.11. The molecule has 0 saturated heterocycles. The summed E-state index contributed by atoms with van der Waals surface area (Å²) in [7, 11) is 0. The van der Waals surface area contributed by atoms with Crippen LogP contribution in [0.5, 0.6) is 11.5 Å². The molecule has 2 heteroatoms. The van der Waals surface area contributed by atoms with Crippen LogP contribution in [0.2, 0.25) is 0 Å². The molecule has 0 spiro atoms. The standard InChI is InChI=1S/C16H20O2/c1-10-4-6-14-12(8-10)13-9-11(17)5-7-15(13)18-16(14,2)3/h5,7-9,12,14,17H,4,6H2,1-3H3/t12-,14-/m1/s1. The Morgan fingerprint density at radius 3 is 2.89 bits per heavy atom. The van der Waals surface area contributed by atoms with Gasteiger partial charge in [0.1, 0.15) is 17.1 Å². The van der Waals surface area contributed by atoms with Crippen LogP contribution in [0.1, 0.15) is 45.1 Å². The van der Waals surface area contributed by atoms with E-state index in [0.29, 0.717) is 17.6 Å². The molecule has 1 N–H and O–H groups in total. The SMILES string of the molecule is CC1=C[C@@H]2c3cc(O)ccc3OC(C)(C)[C@@H]2CC1. The fourth-order valence-corrected chi connectivity index (χ4v) is 3.40. The summed E-state index contributed by atoms with van der Waals surface area (Å²) in [5.74, 6) is 2.12. The minimum Gasteiger partial charge on any atom is -0.508 e. The third kappa shape index (κ3) is 1.71. The normalized spacial score (nSPS) is 28.7. The first kappa shape index (κ1) is 11.6. The van der Waals surface area contributed by atoms with Crippen LogP contribution in [0.15, 0.2) is 29.8 Å². The Hall–Kier alpha value is -1.44. The highest BCUT2D eigenvalue weighted by molar-refractivity contribution is 5.47. The first-order valence-electron chi connectivity index (χ1n) is 6.66. The van der Waals surface area contributed by atoms with Crippen LogP contribution in [-0.2, 0) is 0 Å². The van der Waals surface area contributed by atoms with Gasteiger partial charge in [-0.3, -0.25) is 0 Å². The van der Waals surface area contributed by atoms with Gasteiger partial charge in [-0.2, -0.15) is 0 Å². The summed E-state index contributed by atoms with van der Waals surface area (Å²) in [6.07, 6.45) is 4.67. The minimum absolute atomic E-state index is 0.133. The number of aromatic hydroxyl groups is 1. The smallest absolute Gasteiger partial charge is 0.124 e. The highest BCUT2D eigenvalue weighted by atomic mass is 16.5. The third-order valence-corrected chi connectivity index (χ3v) is 4.37. The van der Waals surface area contributed by atoms with Crippen LogP contribution in [0.3, 0.4) is 0 Å². The van der Waals surface area contributed by atoms with Gasteiger partial charge in [0.15, 0.2) is 0 Å². The Bertz CT molecular complexity index is 514. The Balaban J connectivity index is 2.15. The van der Waals surface area contributed by atoms with Gasteiger partial charge in [0.05, 0.1) is 0 Å². The highest BCUT2D eigenvalue weighted by Gasteiger charge is 2.43. The summed E-state index contributed by atoms with van der Waals surface area (Å²) >= 11 is 0. The number of ether oxygens (including phenoxy) is 1. The van der Waals surface area contributed by atoms with E-state index < -0.39 is 0 Å². The zero-order valence-corrected chi connectivity index (χ0v) is 11.2. The summed E-state index contributed by atoms with van der Waals surface area (Å²) in [5.41, 5.74) is 2.45. The van der Waals surface area contributed by atoms with Crippen LogP contribution < -0.4 is 4.74 Å². The van der Waals surface area contributed by atoms with Crippen molar-refractivity contribution in [3.8, 4) is 11.5 Å². The van der Waals surface area contributed by atoms with Crippen molar-refractivity contribution in [2.45, 2.75) is 45.1 Å². The molecular weight excluding hydrogens is 224 g/mol. The van der Waals surface area contributed by atoms with Gasteiger partial charge < -0.3 is 9.84 Å². The van der Waals surface area contributed by atoms with E-state index in [1.54, 1.807) is 6.07 Å². The van der Waals surface area contributed by atoms with E-state index in [1.165, 1.54) is 5.57 Å². The van der Waals surface area contributed by atoms with Gasteiger partial charge in [-0.15, -0.1) is 0 Å². The molecule has 0 radical (unpaired) electrons. The number of fused-ring (bicyclic) bond motifs is 3. The van der Waals surface area contributed by atoms with Gasteiger partial charge in [-0.05, 0) is 51.8 Å². The average molecular weight is 244 g/mol. The summed E-state index contributed by atoms with van der Waals surface area (Å²) in [5, 5.41) is 9.70. The molecule has 0 saturated carbocycles. The highest BCUT2D eigenvalue weighted by Crippen LogP contribution is 2.50. The second kappa shape index (κ2) is 3.78. The topological polar surface area (TPSA) is 29.5 Å². The van der Waals surface area contributed by atoms with Gasteiger partial charge in [0, 0.05) is 17.4 Å². The number of benzene rings is 1. The van der Waals surface area contributed by atoms with Crippen molar-refractivity contribution in [3.05, 3.63) is 35.4 Å². The van der Waals surface area contributed by atoms with Crippen LogP contribution >= 0.6 is 0 Å². The number of rotatable bonds is 0. The van der Waals surface area contributed by atoms with E-state index in [1.807, 2.05) is 12.1 Å². The Morgan fingerprint density at radius 2 is 2.11 bits per heavy atom. The summed E-state index contributed by atoms with van der Waals surface area (Å²) in [6.45, 7) is 6.55. The molecule has 1 heterocycles. The first-order valence-corrected chi connectivity index (χ1v) is 6.66. The maximum absolute atomic E-state index is 9.70. The Labute approximate surface area is 108 Å². The summed E-state index contributed by atoms with van der Waals surface area (Å²) in [4.78, 5) is 0. The molecule has 0 unspecified atom stereocenters. The number of allylic oxidation sites excluding steroid dienone is 2. The molecule has 96 valence electrons. The maximum atomic E-state index is 9.70. The molecule has 2 atom stereocenters. The molecule has 0 aromatic heterocycles. The molecule has 1 aliphatic heterocycles. The Kier molecular flexibility index (Phi) is 2.44. The van der Waals surface area contributed by atoms with Gasteiger partial charge in [-0.25, -0.2) is 0 Å². The monoisotopic (exact) mass is 244 g/mol. The fraction of sp³-hybridized carbons (Fsp3) is 0.500. The largest absolute Gasteiger partial charge is 0.508 e. The van der Waals surface area contributed by atoms with Crippen molar-refractivity contribution in [1.82, 2.24) is 0 Å². The van der Waals surface area contributed by atoms with E-state index in [4.69, 9.17) is 4.74 Å². The lowest BCUT2D eigenvalue weighted by Gasteiger charge is -2.46. The molecule has 1 aromatic carbocycles. The molecule has 18 heavy (non-hydrogen) atoms. The molecule has 3 rings (SSSR count). The number of hydrogen-bond acceptors (Lipinski definition) is 2. The van der Waals surface area contributed by atoms with Crippen molar-refractivity contribution in [3.63, 3.8) is 0 Å². The number of phenolic OH excluding ortho intramolecular Hbond substituents is 1. The first-order chi connectivity index (χ1) is 8.47. The zero-order valence-electron chi connectivity index (χ0n) is 11.2. The lowest BCUT2D eigenvalue weighted by atomic mass is 9.68. The van der Waals surface area contributed by atoms with Crippen molar-refractivity contribution in [1.29, 1.82) is 0 Å². The van der Waals surface area contributed by atoms with Gasteiger partial charge >= 0.3 is 0 Å². The van der Waals surface area contributed by atoms with Crippen LogP contribution in [0.4, 0.5) is 0 Å². The van der Waals surface area contributed by atoms with E-state index in [2.05, 4.69) is 26.8 Å². The minimum atomic E-state index is -0.133. The van der Waals surface area contributed by atoms with Crippen molar-refractivity contribution in [2.75, 3.05) is 0 Å². The third-order valence-electron chi connectivity index (χ3n) is 4.37. The van der Waals surface area contributed by atoms with Crippen LogP contribution in [0, 0.1) is 5.92 Å². The van der Waals surface area contributed by atoms with E-state index in [0.717, 1.165) is 24.2 Å². The predicted molar refractivity (Wildman–Crippen MR) is 72.0 cm³/mol. The fourth-order valence-electron chi connectivity index (χ4n) is 3.40. The Morgan fingerprint density at radius 1 is 1.33 bits per heavy atom. The number of hydrogen-bond donors (Lipinski definition) is 1. The van der Waals surface area contributed by atoms with Gasteiger partial charge in [-0.1, -0.05) is 11.6 Å². The molecule has 0 amide bonds. The molecule has 1 aromatic rings. The molecular formula is C16H20O2. The van der Waals surface area contributed by atoms with Gasteiger partial charge in [0.2, 0.25) is 0 Å². The average Bonchev–Trinajstić information content (AvgIpc) is 2.30. The maximum Gasteiger partial charge on any atom is 0.124 e. The van der Waals surface area contributed by atoms with Crippen LogP contribution in [0.25, 0.3) is 0 Å². The molecule has 0 fully saturated rings. The zero-order chi connectivity index (χ0) is 12.9. The van der Waals surface area contributed by atoms with Crippen molar-refractivity contribution >= 4 is 0 Å². The van der Waals surface area contributed by atoms with Crippen molar-refractivity contribution in [2.24, 2.45) is 5.92 Å². The van der Waals surface area contributed by atoms with Crippen LogP contribution in [-0.4, -0.2) is 10.7 Å². The van der Waals surface area contributed by atoms with E-state index >= 15 is 0 Å². The quantitative estimate of drug-likeness (QED) is 0.699. The van der Waals surface area contributed by atoms with Crippen molar-refractivity contribution < 1.29 is 9.84 Å². The second-order valence-electron chi connectivity index (χ2n) is 6.11. The van der Waals surface area contributed by atoms with E-state index in [-0.39, 0.29) is 5.60 Å². The predicted octanol–water partition coefficient (Wildman–Crippen LogP) is 4.00. The van der Waals surface area contributed by atoms with E-state index in [9.17, 15) is 5.11 Å². The molecule has 2 aliphatic rings. The molecule has 0 bridgehead atoms. The lowest BCUT2D eigenvalue weighted by Crippen LogP contribution is -2.45. The molecule has 2 nitrogen and oxygen atoms in total. The lowest BCUT2D eigenvalue weighted by molar-refractivity contribution is 0.0115.